The van der Waals surface area contributed by atoms with Crippen LogP contribution in [0, 0.1) is 0 Å². The minimum absolute atomic E-state index is 0.401. The first-order valence-corrected chi connectivity index (χ1v) is 11.2. The van der Waals surface area contributed by atoms with Crippen LogP contribution in [-0.2, 0) is 0 Å². The van der Waals surface area contributed by atoms with E-state index >= 15 is 0 Å². The van der Waals surface area contributed by atoms with Crippen molar-refractivity contribution in [2.45, 2.75) is 0 Å². The molecule has 7 nitrogen and oxygen atoms in total. The van der Waals surface area contributed by atoms with Gasteiger partial charge in [-0.05, 0) is 36.4 Å². The van der Waals surface area contributed by atoms with Gasteiger partial charge in [-0.15, -0.1) is 0 Å². The molecule has 0 bridgehead atoms. The van der Waals surface area contributed by atoms with E-state index in [4.69, 9.17) is 37.4 Å². The minimum atomic E-state index is -0.402. The van der Waals surface area contributed by atoms with Gasteiger partial charge in [0.15, 0.2) is 11.5 Å². The summed E-state index contributed by atoms with van der Waals surface area (Å²) in [4.78, 5) is 17.8. The first-order chi connectivity index (χ1) is 17.0. The molecule has 0 saturated carbocycles. The number of hydrazone groups is 1. The normalized spacial score (nSPS) is 11.0. The molecule has 1 aromatic heterocycles. The van der Waals surface area contributed by atoms with Crippen LogP contribution < -0.4 is 19.6 Å². The van der Waals surface area contributed by atoms with Crippen molar-refractivity contribution in [3.05, 3.63) is 81.8 Å². The van der Waals surface area contributed by atoms with E-state index < -0.39 is 5.91 Å². The van der Waals surface area contributed by atoms with E-state index in [9.17, 15) is 4.79 Å². The molecule has 0 spiro atoms. The molecule has 35 heavy (non-hydrogen) atoms. The lowest BCUT2D eigenvalue weighted by Crippen LogP contribution is -2.18. The van der Waals surface area contributed by atoms with Crippen LogP contribution >= 0.6 is 23.2 Å². The zero-order chi connectivity index (χ0) is 24.9. The average Bonchev–Trinajstić information content (AvgIpc) is 2.88. The number of hydrogen-bond donors (Lipinski definition) is 1. The fraction of sp³-hybridized carbons (Fsp3) is 0.115. The quantitative estimate of drug-likeness (QED) is 0.244. The van der Waals surface area contributed by atoms with Gasteiger partial charge in [-0.25, -0.2) is 10.4 Å². The van der Waals surface area contributed by atoms with Gasteiger partial charge >= 0.3 is 0 Å². The molecule has 1 heterocycles. The number of hydrogen-bond acceptors (Lipinski definition) is 6. The smallest absolute Gasteiger partial charge is 0.272 e. The molecule has 0 saturated heterocycles. The Hall–Kier alpha value is -3.81. The van der Waals surface area contributed by atoms with Crippen molar-refractivity contribution in [3.63, 3.8) is 0 Å². The van der Waals surface area contributed by atoms with Crippen molar-refractivity contribution >= 4 is 46.2 Å². The lowest BCUT2D eigenvalue weighted by atomic mass is 10.0. The predicted octanol–water partition coefficient (Wildman–Crippen LogP) is 6.00. The van der Waals surface area contributed by atoms with Crippen LogP contribution in [-0.4, -0.2) is 38.4 Å². The van der Waals surface area contributed by atoms with E-state index in [1.54, 1.807) is 36.4 Å². The Kier molecular flexibility index (Phi) is 7.39. The average molecular weight is 510 g/mol. The van der Waals surface area contributed by atoms with Crippen LogP contribution in [0.15, 0.2) is 65.8 Å². The molecule has 0 aliphatic carbocycles. The Labute approximate surface area is 212 Å². The highest BCUT2D eigenvalue weighted by Gasteiger charge is 2.16. The largest absolute Gasteiger partial charge is 0.493 e. The number of benzene rings is 3. The van der Waals surface area contributed by atoms with E-state index in [1.165, 1.54) is 27.5 Å². The Balaban J connectivity index is 1.68. The molecular formula is C26H21Cl2N3O4. The summed E-state index contributed by atoms with van der Waals surface area (Å²) in [5, 5.41) is 5.66. The van der Waals surface area contributed by atoms with Gasteiger partial charge in [0, 0.05) is 16.5 Å². The highest BCUT2D eigenvalue weighted by atomic mass is 35.5. The lowest BCUT2D eigenvalue weighted by Gasteiger charge is -2.13. The van der Waals surface area contributed by atoms with E-state index in [0.717, 1.165) is 5.56 Å². The number of nitrogens with one attached hydrogen (secondary N) is 1. The molecule has 0 radical (unpaired) electrons. The van der Waals surface area contributed by atoms with Gasteiger partial charge in [0.25, 0.3) is 5.91 Å². The van der Waals surface area contributed by atoms with Crippen LogP contribution in [0.25, 0.3) is 22.2 Å². The zero-order valence-electron chi connectivity index (χ0n) is 19.1. The summed E-state index contributed by atoms with van der Waals surface area (Å²) < 4.78 is 16.1. The number of carbonyl (C=O) groups is 1. The number of para-hydroxylation sites is 1. The molecule has 0 unspecified atom stereocenters. The van der Waals surface area contributed by atoms with Gasteiger partial charge in [-0.3, -0.25) is 4.79 Å². The topological polar surface area (TPSA) is 82.0 Å². The fourth-order valence-electron chi connectivity index (χ4n) is 3.61. The first kappa shape index (κ1) is 24.3. The van der Waals surface area contributed by atoms with Gasteiger partial charge in [0.1, 0.15) is 0 Å². The highest BCUT2D eigenvalue weighted by molar-refractivity contribution is 6.42. The monoisotopic (exact) mass is 509 g/mol. The number of ether oxygens (including phenoxy) is 3. The minimum Gasteiger partial charge on any atom is -0.493 e. The summed E-state index contributed by atoms with van der Waals surface area (Å²) in [6.07, 6.45) is 1.47. The maximum atomic E-state index is 13.2. The summed E-state index contributed by atoms with van der Waals surface area (Å²) >= 11 is 12.2. The van der Waals surface area contributed by atoms with Crippen LogP contribution in [0.3, 0.4) is 0 Å². The summed E-state index contributed by atoms with van der Waals surface area (Å²) in [5.74, 6) is 0.974. The standard InChI is InChI=1S/C26H21Cl2N3O4/c1-33-23-11-9-16(24(34-2)25(23)35-3)14-29-31-26(32)18-13-22(15-8-10-19(27)20(28)12-15)30-21-7-5-4-6-17(18)21/h4-14H,1-3H3,(H,31,32)/b29-14+. The molecule has 1 amide bonds. The van der Waals surface area contributed by atoms with E-state index in [0.29, 0.717) is 55.0 Å². The van der Waals surface area contributed by atoms with Gasteiger partial charge in [-0.1, -0.05) is 47.5 Å². The third-order valence-electron chi connectivity index (χ3n) is 5.28. The Morgan fingerprint density at radius 1 is 0.914 bits per heavy atom. The molecule has 0 fully saturated rings. The second-order valence-electron chi connectivity index (χ2n) is 7.32. The van der Waals surface area contributed by atoms with Crippen LogP contribution in [0.4, 0.5) is 0 Å². The number of methoxy groups -OCH3 is 3. The van der Waals surface area contributed by atoms with Crippen LogP contribution in [0.1, 0.15) is 15.9 Å². The Morgan fingerprint density at radius 2 is 1.69 bits per heavy atom. The lowest BCUT2D eigenvalue weighted by molar-refractivity contribution is 0.0956. The highest BCUT2D eigenvalue weighted by Crippen LogP contribution is 2.39. The molecule has 0 aliphatic heterocycles. The van der Waals surface area contributed by atoms with Gasteiger partial charge in [-0.2, -0.15) is 5.10 Å². The number of carbonyl (C=O) groups excluding carboxylic acids is 1. The van der Waals surface area contributed by atoms with Gasteiger partial charge in [0.2, 0.25) is 5.75 Å². The summed E-state index contributed by atoms with van der Waals surface area (Å²) in [5.41, 5.74) is 5.57. The Bertz CT molecular complexity index is 1440. The van der Waals surface area contributed by atoms with E-state index in [1.807, 2.05) is 24.3 Å². The van der Waals surface area contributed by atoms with Crippen LogP contribution in [0.2, 0.25) is 10.0 Å². The maximum absolute atomic E-state index is 13.2. The van der Waals surface area contributed by atoms with Crippen molar-refractivity contribution < 1.29 is 19.0 Å². The van der Waals surface area contributed by atoms with Crippen LogP contribution in [0.5, 0.6) is 17.2 Å². The molecule has 178 valence electrons. The predicted molar refractivity (Wildman–Crippen MR) is 138 cm³/mol. The zero-order valence-corrected chi connectivity index (χ0v) is 20.6. The summed E-state index contributed by atoms with van der Waals surface area (Å²) in [6.45, 7) is 0. The number of pyridine rings is 1. The van der Waals surface area contributed by atoms with E-state index in [-0.39, 0.29) is 0 Å². The second kappa shape index (κ2) is 10.6. The SMILES string of the molecule is COc1ccc(/C=N/NC(=O)c2cc(-c3ccc(Cl)c(Cl)c3)nc3ccccc23)c(OC)c1OC. The maximum Gasteiger partial charge on any atom is 0.272 e. The number of aromatic nitrogens is 1. The molecule has 4 aromatic rings. The summed E-state index contributed by atoms with van der Waals surface area (Å²) in [6, 6.07) is 17.7. The Morgan fingerprint density at radius 3 is 2.40 bits per heavy atom. The number of rotatable bonds is 7. The van der Waals surface area contributed by atoms with Crippen molar-refractivity contribution in [1.82, 2.24) is 10.4 Å². The van der Waals surface area contributed by atoms with Crippen molar-refractivity contribution in [2.24, 2.45) is 5.10 Å². The first-order valence-electron chi connectivity index (χ1n) is 10.4. The third-order valence-corrected chi connectivity index (χ3v) is 6.02. The van der Waals surface area contributed by atoms with Crippen molar-refractivity contribution in [2.75, 3.05) is 21.3 Å². The van der Waals surface area contributed by atoms with Crippen molar-refractivity contribution in [3.8, 4) is 28.5 Å². The van der Waals surface area contributed by atoms with Crippen molar-refractivity contribution in [1.29, 1.82) is 0 Å². The molecular weight excluding hydrogens is 489 g/mol. The fourth-order valence-corrected chi connectivity index (χ4v) is 3.91. The molecule has 4 rings (SSSR count). The molecule has 0 atom stereocenters. The van der Waals surface area contributed by atoms with Gasteiger partial charge in [0.05, 0.1) is 54.4 Å². The molecule has 1 N–H and O–H groups in total. The molecule has 9 heteroatoms. The third kappa shape index (κ3) is 5.01. The molecule has 0 aliphatic rings. The van der Waals surface area contributed by atoms with Gasteiger partial charge < -0.3 is 14.2 Å². The summed E-state index contributed by atoms with van der Waals surface area (Å²) in [7, 11) is 4.57. The van der Waals surface area contributed by atoms with E-state index in [2.05, 4.69) is 15.5 Å². The second-order valence-corrected chi connectivity index (χ2v) is 8.14. The number of nitrogens with zero attached hydrogens (tertiary/aromatic N) is 2. The number of halogens is 2. The number of fused-ring (bicyclic) bond motifs is 1. The number of amides is 1. The molecule has 3 aromatic carbocycles.